The zero-order valence-electron chi connectivity index (χ0n) is 21.3. The van der Waals surface area contributed by atoms with E-state index in [1.54, 1.807) is 13.2 Å². The molecule has 1 aliphatic heterocycles. The minimum Gasteiger partial charge on any atom is -0.496 e. The summed E-state index contributed by atoms with van der Waals surface area (Å²) in [5, 5.41) is 16.3. The van der Waals surface area contributed by atoms with Gasteiger partial charge in [0.25, 0.3) is 5.56 Å². The number of methoxy groups -OCH3 is 1. The van der Waals surface area contributed by atoms with Crippen LogP contribution >= 0.6 is 0 Å². The minimum atomic E-state index is -0.190. The number of nitrogens with zero attached hydrogens (tertiary/aromatic N) is 5. The standard InChI is InChI=1S/C29H30N6O3/c1-38-26-10-6-5-9-23(26)25-11-13-27(32-31-25)34-18-15-22(16-19-34)29(37)30-17-20-35-28(36)14-12-24(33-35)21-7-3-2-4-8-21/h2-14,22H,15-20H2,1H3,(H,30,37). The maximum Gasteiger partial charge on any atom is 0.266 e. The smallest absolute Gasteiger partial charge is 0.266 e. The van der Waals surface area contributed by atoms with Crippen LogP contribution < -0.4 is 20.5 Å². The topological polar surface area (TPSA) is 102 Å². The molecule has 0 saturated carbocycles. The largest absolute Gasteiger partial charge is 0.496 e. The predicted octanol–water partition coefficient (Wildman–Crippen LogP) is 3.41. The molecule has 4 aromatic rings. The highest BCUT2D eigenvalue weighted by Crippen LogP contribution is 2.29. The molecule has 1 aliphatic rings. The molecule has 9 nitrogen and oxygen atoms in total. The summed E-state index contributed by atoms with van der Waals surface area (Å²) < 4.78 is 6.83. The molecule has 2 aromatic heterocycles. The van der Waals surface area contributed by atoms with Crippen LogP contribution in [0.3, 0.4) is 0 Å². The highest BCUT2D eigenvalue weighted by atomic mass is 16.5. The number of anilines is 1. The van der Waals surface area contributed by atoms with E-state index in [4.69, 9.17) is 4.74 Å². The lowest BCUT2D eigenvalue weighted by Crippen LogP contribution is -2.42. The fraction of sp³-hybridized carbons (Fsp3) is 0.276. The van der Waals surface area contributed by atoms with Crippen LogP contribution in [-0.4, -0.2) is 52.6 Å². The molecule has 9 heteroatoms. The summed E-state index contributed by atoms with van der Waals surface area (Å²) >= 11 is 0. The number of aromatic nitrogens is 4. The second kappa shape index (κ2) is 11.7. The molecule has 194 valence electrons. The first-order valence-electron chi connectivity index (χ1n) is 12.8. The predicted molar refractivity (Wildman–Crippen MR) is 146 cm³/mol. The average molecular weight is 511 g/mol. The van der Waals surface area contributed by atoms with Gasteiger partial charge in [-0.2, -0.15) is 5.10 Å². The Balaban J connectivity index is 1.12. The van der Waals surface area contributed by atoms with E-state index in [0.717, 1.165) is 60.0 Å². The molecule has 0 bridgehead atoms. The molecule has 0 radical (unpaired) electrons. The van der Waals surface area contributed by atoms with Gasteiger partial charge in [0.1, 0.15) is 5.75 Å². The second-order valence-corrected chi connectivity index (χ2v) is 9.18. The van der Waals surface area contributed by atoms with Crippen molar-refractivity contribution in [2.45, 2.75) is 19.4 Å². The molecule has 38 heavy (non-hydrogen) atoms. The normalized spacial score (nSPS) is 13.8. The molecular formula is C29H30N6O3. The van der Waals surface area contributed by atoms with Crippen LogP contribution in [0.5, 0.6) is 5.75 Å². The number of para-hydroxylation sites is 1. The molecule has 1 N–H and O–H groups in total. The number of benzene rings is 2. The zero-order valence-corrected chi connectivity index (χ0v) is 21.3. The number of piperidine rings is 1. The summed E-state index contributed by atoms with van der Waals surface area (Å²) in [6.07, 6.45) is 1.45. The van der Waals surface area contributed by atoms with Gasteiger partial charge in [0.2, 0.25) is 5.91 Å². The van der Waals surface area contributed by atoms with E-state index in [1.807, 2.05) is 66.7 Å². The van der Waals surface area contributed by atoms with Crippen LogP contribution in [-0.2, 0) is 11.3 Å². The number of amides is 1. The molecule has 1 saturated heterocycles. The first-order chi connectivity index (χ1) is 18.6. The Labute approximate surface area is 221 Å². The van der Waals surface area contributed by atoms with Crippen molar-refractivity contribution in [3.8, 4) is 28.3 Å². The van der Waals surface area contributed by atoms with E-state index in [-0.39, 0.29) is 17.4 Å². The molecule has 1 amide bonds. The number of carbonyl (C=O) groups is 1. The molecule has 2 aromatic carbocycles. The quantitative estimate of drug-likeness (QED) is 0.388. The summed E-state index contributed by atoms with van der Waals surface area (Å²) in [6.45, 7) is 2.11. The Bertz CT molecular complexity index is 1430. The summed E-state index contributed by atoms with van der Waals surface area (Å²) in [4.78, 5) is 27.2. The third kappa shape index (κ3) is 5.72. The van der Waals surface area contributed by atoms with Crippen molar-refractivity contribution in [3.63, 3.8) is 0 Å². The molecule has 0 atom stereocenters. The van der Waals surface area contributed by atoms with Crippen LogP contribution in [0.15, 0.2) is 83.7 Å². The highest BCUT2D eigenvalue weighted by molar-refractivity contribution is 5.79. The summed E-state index contributed by atoms with van der Waals surface area (Å²) in [5.41, 5.74) is 3.13. The van der Waals surface area contributed by atoms with Crippen LogP contribution in [0.1, 0.15) is 12.8 Å². The minimum absolute atomic E-state index is 0.00881. The Kier molecular flexibility index (Phi) is 7.73. The van der Waals surface area contributed by atoms with Crippen molar-refractivity contribution < 1.29 is 9.53 Å². The summed E-state index contributed by atoms with van der Waals surface area (Å²) in [7, 11) is 1.64. The van der Waals surface area contributed by atoms with E-state index in [9.17, 15) is 9.59 Å². The lowest BCUT2D eigenvalue weighted by atomic mass is 9.96. The zero-order chi connectivity index (χ0) is 26.3. The van der Waals surface area contributed by atoms with Gasteiger partial charge in [-0.3, -0.25) is 9.59 Å². The number of carbonyl (C=O) groups excluding carboxylic acids is 1. The van der Waals surface area contributed by atoms with E-state index < -0.39 is 0 Å². The van der Waals surface area contributed by atoms with Gasteiger partial charge >= 0.3 is 0 Å². The van der Waals surface area contributed by atoms with Crippen LogP contribution in [0.4, 0.5) is 5.82 Å². The SMILES string of the molecule is COc1ccccc1-c1ccc(N2CCC(C(=O)NCCn3nc(-c4ccccc4)ccc3=O)CC2)nn1. The molecule has 5 rings (SSSR count). The van der Waals surface area contributed by atoms with Crippen molar-refractivity contribution in [2.24, 2.45) is 5.92 Å². The summed E-state index contributed by atoms with van der Waals surface area (Å²) in [6, 6.07) is 24.6. The number of rotatable bonds is 8. The Hall–Kier alpha value is -4.53. The van der Waals surface area contributed by atoms with Gasteiger partial charge in [-0.15, -0.1) is 10.2 Å². The fourth-order valence-corrected chi connectivity index (χ4v) is 4.67. The Morgan fingerprint density at radius 1 is 0.921 bits per heavy atom. The fourth-order valence-electron chi connectivity index (χ4n) is 4.67. The van der Waals surface area contributed by atoms with E-state index >= 15 is 0 Å². The van der Waals surface area contributed by atoms with Gasteiger partial charge in [0.05, 0.1) is 25.0 Å². The maximum absolute atomic E-state index is 12.8. The average Bonchev–Trinajstić information content (AvgIpc) is 2.98. The van der Waals surface area contributed by atoms with Crippen molar-refractivity contribution >= 4 is 11.7 Å². The van der Waals surface area contributed by atoms with E-state index in [0.29, 0.717) is 13.1 Å². The molecule has 0 aliphatic carbocycles. The number of ether oxygens (including phenoxy) is 1. The van der Waals surface area contributed by atoms with Crippen LogP contribution in [0.2, 0.25) is 0 Å². The molecule has 0 spiro atoms. The molecule has 0 unspecified atom stereocenters. The van der Waals surface area contributed by atoms with Gasteiger partial charge in [0.15, 0.2) is 5.82 Å². The van der Waals surface area contributed by atoms with Gasteiger partial charge in [-0.1, -0.05) is 42.5 Å². The summed E-state index contributed by atoms with van der Waals surface area (Å²) in [5.74, 6) is 1.49. The third-order valence-electron chi connectivity index (χ3n) is 6.78. The van der Waals surface area contributed by atoms with Gasteiger partial charge < -0.3 is 15.0 Å². The lowest BCUT2D eigenvalue weighted by Gasteiger charge is -2.31. The lowest BCUT2D eigenvalue weighted by molar-refractivity contribution is -0.125. The molecular weight excluding hydrogens is 480 g/mol. The first-order valence-corrected chi connectivity index (χ1v) is 12.8. The van der Waals surface area contributed by atoms with Crippen LogP contribution in [0, 0.1) is 5.92 Å². The van der Waals surface area contributed by atoms with Crippen molar-refractivity contribution in [1.29, 1.82) is 0 Å². The number of hydrogen-bond donors (Lipinski definition) is 1. The first kappa shape index (κ1) is 25.1. The molecule has 1 fully saturated rings. The number of hydrogen-bond acceptors (Lipinski definition) is 7. The van der Waals surface area contributed by atoms with Crippen LogP contribution in [0.25, 0.3) is 22.5 Å². The monoisotopic (exact) mass is 510 g/mol. The maximum atomic E-state index is 12.8. The number of nitrogens with one attached hydrogen (secondary N) is 1. The van der Waals surface area contributed by atoms with Crippen molar-refractivity contribution in [1.82, 2.24) is 25.3 Å². The second-order valence-electron chi connectivity index (χ2n) is 9.18. The van der Waals surface area contributed by atoms with Gasteiger partial charge in [-0.05, 0) is 43.2 Å². The van der Waals surface area contributed by atoms with Gasteiger partial charge in [0, 0.05) is 42.7 Å². The Morgan fingerprint density at radius 3 is 2.39 bits per heavy atom. The van der Waals surface area contributed by atoms with E-state index in [2.05, 4.69) is 25.5 Å². The van der Waals surface area contributed by atoms with Crippen molar-refractivity contribution in [3.05, 3.63) is 89.2 Å². The van der Waals surface area contributed by atoms with Gasteiger partial charge in [-0.25, -0.2) is 4.68 Å². The van der Waals surface area contributed by atoms with E-state index in [1.165, 1.54) is 10.7 Å². The Morgan fingerprint density at radius 2 is 1.66 bits per heavy atom. The molecule has 3 heterocycles. The van der Waals surface area contributed by atoms with Crippen molar-refractivity contribution in [2.75, 3.05) is 31.6 Å². The highest BCUT2D eigenvalue weighted by Gasteiger charge is 2.25. The third-order valence-corrected chi connectivity index (χ3v) is 6.78.